The van der Waals surface area contributed by atoms with E-state index in [1.165, 1.54) is 0 Å². The van der Waals surface area contributed by atoms with Crippen LogP contribution in [0.3, 0.4) is 0 Å². The molecule has 0 aliphatic carbocycles. The van der Waals surface area contributed by atoms with Gasteiger partial charge in [0.15, 0.2) is 0 Å². The maximum absolute atomic E-state index is 11.9. The van der Waals surface area contributed by atoms with Crippen LogP contribution in [0.2, 0.25) is 0 Å². The van der Waals surface area contributed by atoms with Crippen LogP contribution in [0.15, 0.2) is 0 Å². The van der Waals surface area contributed by atoms with E-state index in [1.807, 2.05) is 13.8 Å². The molecule has 1 heterocycles. The molecule has 6 heteroatoms. The van der Waals surface area contributed by atoms with Gasteiger partial charge in [-0.3, -0.25) is 4.79 Å². The highest BCUT2D eigenvalue weighted by atomic mass is 35.5. The van der Waals surface area contributed by atoms with Crippen molar-refractivity contribution in [2.75, 3.05) is 26.4 Å². The van der Waals surface area contributed by atoms with Crippen molar-refractivity contribution in [3.63, 3.8) is 0 Å². The number of nitrogens with one attached hydrogen (secondary N) is 1. The van der Waals surface area contributed by atoms with E-state index in [2.05, 4.69) is 5.32 Å². The second-order valence-electron chi connectivity index (χ2n) is 5.20. The molecule has 1 atom stereocenters. The number of carbonyl (C=O) groups excluding carboxylic acids is 1. The first-order valence-electron chi connectivity index (χ1n) is 7.36. The summed E-state index contributed by atoms with van der Waals surface area (Å²) in [6.07, 6.45) is 4.48. The van der Waals surface area contributed by atoms with Crippen LogP contribution in [0.4, 0.5) is 0 Å². The van der Waals surface area contributed by atoms with Crippen LogP contribution < -0.4 is 11.1 Å². The zero-order valence-corrected chi connectivity index (χ0v) is 13.5. The molecule has 0 aromatic rings. The summed E-state index contributed by atoms with van der Waals surface area (Å²) in [6.45, 7) is 6.44. The minimum absolute atomic E-state index is 0. The third kappa shape index (κ3) is 6.39. The highest BCUT2D eigenvalue weighted by molar-refractivity contribution is 5.85. The van der Waals surface area contributed by atoms with Crippen LogP contribution in [-0.2, 0) is 14.3 Å². The summed E-state index contributed by atoms with van der Waals surface area (Å²) in [6, 6.07) is 0. The molecule has 0 aromatic carbocycles. The normalized spacial score (nSPS) is 18.6. The first-order chi connectivity index (χ1) is 9.15. The highest BCUT2D eigenvalue weighted by Crippen LogP contribution is 2.14. The molecule has 0 saturated carbocycles. The first-order valence-corrected chi connectivity index (χ1v) is 7.36. The van der Waals surface area contributed by atoms with Gasteiger partial charge in [0, 0.05) is 19.6 Å². The Balaban J connectivity index is 0.00000361. The number of nitrogens with two attached hydrogens (primary N) is 1. The molecule has 1 rings (SSSR count). The molecule has 1 saturated heterocycles. The standard InChI is InChI=1S/C14H28N2O3.ClH/c1-3-14(4-2,11-15)16-13(17)7-9-18-10-12-6-5-8-19-12;/h12H,3-11,15H2,1-2H3,(H,16,17);1H. The fourth-order valence-electron chi connectivity index (χ4n) is 2.28. The number of ether oxygens (including phenoxy) is 2. The molecule has 1 amide bonds. The molecule has 120 valence electrons. The van der Waals surface area contributed by atoms with Gasteiger partial charge in [-0.25, -0.2) is 0 Å². The summed E-state index contributed by atoms with van der Waals surface area (Å²) in [5, 5.41) is 3.03. The number of halogens is 1. The lowest BCUT2D eigenvalue weighted by Crippen LogP contribution is -2.53. The number of carbonyl (C=O) groups is 1. The zero-order chi connectivity index (χ0) is 14.1. The topological polar surface area (TPSA) is 73.6 Å². The Bertz CT molecular complexity index is 259. The smallest absolute Gasteiger partial charge is 0.222 e. The van der Waals surface area contributed by atoms with Crippen molar-refractivity contribution in [3.8, 4) is 0 Å². The molecule has 1 aliphatic heterocycles. The quantitative estimate of drug-likeness (QED) is 0.635. The highest BCUT2D eigenvalue weighted by Gasteiger charge is 2.26. The van der Waals surface area contributed by atoms with Crippen LogP contribution in [0, 0.1) is 0 Å². The van der Waals surface area contributed by atoms with Crippen LogP contribution >= 0.6 is 12.4 Å². The van der Waals surface area contributed by atoms with Gasteiger partial charge in [0.05, 0.1) is 24.9 Å². The molecule has 1 aliphatic rings. The van der Waals surface area contributed by atoms with E-state index in [4.69, 9.17) is 15.2 Å². The third-order valence-corrected chi connectivity index (χ3v) is 3.95. The minimum atomic E-state index is -0.258. The summed E-state index contributed by atoms with van der Waals surface area (Å²) < 4.78 is 10.9. The lowest BCUT2D eigenvalue weighted by Gasteiger charge is -2.31. The summed E-state index contributed by atoms with van der Waals surface area (Å²) in [4.78, 5) is 11.9. The molecule has 1 unspecified atom stereocenters. The fourth-order valence-corrected chi connectivity index (χ4v) is 2.28. The van der Waals surface area contributed by atoms with E-state index in [9.17, 15) is 4.79 Å². The SMILES string of the molecule is CCC(CC)(CN)NC(=O)CCOCC1CCCO1.Cl. The van der Waals surface area contributed by atoms with E-state index < -0.39 is 0 Å². The molecular formula is C14H29ClN2O3. The van der Waals surface area contributed by atoms with E-state index in [0.717, 1.165) is 32.3 Å². The Morgan fingerprint density at radius 2 is 2.15 bits per heavy atom. The van der Waals surface area contributed by atoms with Gasteiger partial charge >= 0.3 is 0 Å². The second kappa shape index (κ2) is 10.4. The fraction of sp³-hybridized carbons (Fsp3) is 0.929. The Morgan fingerprint density at radius 3 is 2.65 bits per heavy atom. The van der Waals surface area contributed by atoms with Crippen molar-refractivity contribution >= 4 is 18.3 Å². The van der Waals surface area contributed by atoms with Crippen molar-refractivity contribution in [2.45, 2.75) is 57.6 Å². The van der Waals surface area contributed by atoms with Crippen LogP contribution in [0.1, 0.15) is 46.0 Å². The second-order valence-corrected chi connectivity index (χ2v) is 5.20. The maximum atomic E-state index is 11.9. The van der Waals surface area contributed by atoms with Gasteiger partial charge in [0.2, 0.25) is 5.91 Å². The Hall–Kier alpha value is -0.360. The van der Waals surface area contributed by atoms with Crippen LogP contribution in [0.5, 0.6) is 0 Å². The predicted molar refractivity (Wildman–Crippen MR) is 82.2 cm³/mol. The average Bonchev–Trinajstić information content (AvgIpc) is 2.94. The lowest BCUT2D eigenvalue weighted by atomic mass is 9.93. The van der Waals surface area contributed by atoms with E-state index in [0.29, 0.717) is 26.2 Å². The van der Waals surface area contributed by atoms with E-state index in [-0.39, 0.29) is 30.0 Å². The van der Waals surface area contributed by atoms with Crippen molar-refractivity contribution in [2.24, 2.45) is 5.73 Å². The van der Waals surface area contributed by atoms with E-state index in [1.54, 1.807) is 0 Å². The molecule has 0 spiro atoms. The van der Waals surface area contributed by atoms with Gasteiger partial charge in [0.1, 0.15) is 0 Å². The summed E-state index contributed by atoms with van der Waals surface area (Å²) >= 11 is 0. The predicted octanol–water partition coefficient (Wildman–Crippen LogP) is 1.63. The Kier molecular flexibility index (Phi) is 10.2. The summed E-state index contributed by atoms with van der Waals surface area (Å²) in [5.74, 6) is 0.0153. The van der Waals surface area contributed by atoms with Gasteiger partial charge < -0.3 is 20.5 Å². The molecule has 1 fully saturated rings. The molecule has 5 nitrogen and oxygen atoms in total. The van der Waals surface area contributed by atoms with Gasteiger partial charge in [-0.15, -0.1) is 12.4 Å². The molecule has 20 heavy (non-hydrogen) atoms. The lowest BCUT2D eigenvalue weighted by molar-refractivity contribution is -0.124. The number of hydrogen-bond donors (Lipinski definition) is 2. The van der Waals surface area contributed by atoms with Gasteiger partial charge in [-0.1, -0.05) is 13.8 Å². The zero-order valence-electron chi connectivity index (χ0n) is 12.7. The van der Waals surface area contributed by atoms with Crippen LogP contribution in [-0.4, -0.2) is 43.9 Å². The van der Waals surface area contributed by atoms with Gasteiger partial charge in [0.25, 0.3) is 0 Å². The van der Waals surface area contributed by atoms with E-state index >= 15 is 0 Å². The molecule has 3 N–H and O–H groups in total. The average molecular weight is 309 g/mol. The van der Waals surface area contributed by atoms with Crippen molar-refractivity contribution in [1.82, 2.24) is 5.32 Å². The Morgan fingerprint density at radius 1 is 1.45 bits per heavy atom. The van der Waals surface area contributed by atoms with Gasteiger partial charge in [-0.2, -0.15) is 0 Å². The summed E-state index contributed by atoms with van der Waals surface area (Å²) in [7, 11) is 0. The largest absolute Gasteiger partial charge is 0.378 e. The summed E-state index contributed by atoms with van der Waals surface area (Å²) in [5.41, 5.74) is 5.49. The van der Waals surface area contributed by atoms with Crippen molar-refractivity contribution in [1.29, 1.82) is 0 Å². The molecule has 0 radical (unpaired) electrons. The minimum Gasteiger partial charge on any atom is -0.378 e. The number of hydrogen-bond acceptors (Lipinski definition) is 4. The number of amides is 1. The maximum Gasteiger partial charge on any atom is 0.222 e. The first kappa shape index (κ1) is 19.6. The third-order valence-electron chi connectivity index (χ3n) is 3.95. The molecule has 0 aromatic heterocycles. The molecule has 0 bridgehead atoms. The number of rotatable bonds is 9. The monoisotopic (exact) mass is 308 g/mol. The Labute approximate surface area is 128 Å². The van der Waals surface area contributed by atoms with Crippen LogP contribution in [0.25, 0.3) is 0 Å². The van der Waals surface area contributed by atoms with Gasteiger partial charge in [-0.05, 0) is 25.7 Å². The van der Waals surface area contributed by atoms with Crippen molar-refractivity contribution in [3.05, 3.63) is 0 Å². The van der Waals surface area contributed by atoms with Crippen molar-refractivity contribution < 1.29 is 14.3 Å². The molecular weight excluding hydrogens is 280 g/mol.